The predicted molar refractivity (Wildman–Crippen MR) is 91.4 cm³/mol. The van der Waals surface area contributed by atoms with E-state index < -0.39 is 18.0 Å². The molecule has 1 aliphatic rings. The molecule has 0 bridgehead atoms. The highest BCUT2D eigenvalue weighted by molar-refractivity contribution is 6.11. The second-order valence-electron chi connectivity index (χ2n) is 6.16. The molecule has 1 N–H and O–H groups in total. The Hall–Kier alpha value is -2.24. The van der Waals surface area contributed by atoms with Gasteiger partial charge < -0.3 is 10.2 Å². The monoisotopic (exact) mass is 333 g/mol. The predicted octanol–water partition coefficient (Wildman–Crippen LogP) is 3.17. The number of hydrogen-bond acceptors (Lipinski definition) is 2. The highest BCUT2D eigenvalue weighted by Gasteiger charge is 2.41. The normalized spacial score (nSPS) is 20.6. The minimum absolute atomic E-state index is 0.0384. The maximum Gasteiger partial charge on any atom is 0.341 e. The van der Waals surface area contributed by atoms with E-state index in [2.05, 4.69) is 10.3 Å². The number of carbonyl (C=O) groups is 2. The van der Waals surface area contributed by atoms with Gasteiger partial charge in [0.1, 0.15) is 11.7 Å². The number of amides is 3. The third-order valence-corrected chi connectivity index (χ3v) is 4.32. The summed E-state index contributed by atoms with van der Waals surface area (Å²) in [5.41, 5.74) is 1.27. The van der Waals surface area contributed by atoms with Gasteiger partial charge in [-0.3, -0.25) is 4.79 Å². The first-order valence-corrected chi connectivity index (χ1v) is 8.32. The molecule has 0 aliphatic carbocycles. The maximum absolute atomic E-state index is 13.2. The number of nitrogens with zero attached hydrogens (tertiary/aromatic N) is 2. The highest BCUT2D eigenvalue weighted by Crippen LogP contribution is 2.31. The lowest BCUT2D eigenvalue weighted by Crippen LogP contribution is -2.50. The standard InChI is InChI=1S/C18H24FN3O2/c1-5-22(6-2)17(23)14-15(11(3)4)20-18(24)21-16(14)12-7-9-13(19)10-8-12/h7-11,14,16H,5-6H2,1-4H3,(H,21,24). The van der Waals surface area contributed by atoms with Gasteiger partial charge in [-0.25, -0.2) is 14.2 Å². The Bertz CT molecular complexity index is 636. The lowest BCUT2D eigenvalue weighted by molar-refractivity contribution is -0.133. The van der Waals surface area contributed by atoms with Gasteiger partial charge in [0, 0.05) is 18.8 Å². The molecule has 0 saturated carbocycles. The summed E-state index contributed by atoms with van der Waals surface area (Å²) in [5.74, 6) is -1.04. The summed E-state index contributed by atoms with van der Waals surface area (Å²) >= 11 is 0. The van der Waals surface area contributed by atoms with E-state index >= 15 is 0 Å². The Morgan fingerprint density at radius 1 is 1.25 bits per heavy atom. The van der Waals surface area contributed by atoms with Crippen LogP contribution in [0, 0.1) is 17.7 Å². The van der Waals surface area contributed by atoms with Crippen LogP contribution in [0.3, 0.4) is 0 Å². The molecule has 0 spiro atoms. The third kappa shape index (κ3) is 3.63. The number of benzene rings is 1. The van der Waals surface area contributed by atoms with Crippen LogP contribution in [0.25, 0.3) is 0 Å². The second kappa shape index (κ2) is 7.55. The molecule has 2 rings (SSSR count). The van der Waals surface area contributed by atoms with Crippen molar-refractivity contribution in [3.8, 4) is 0 Å². The number of halogens is 1. The molecule has 1 heterocycles. The SMILES string of the molecule is CCN(CC)C(=O)C1C(C(C)C)=NC(=O)NC1c1ccc(F)cc1. The third-order valence-electron chi connectivity index (χ3n) is 4.32. The Kier molecular flexibility index (Phi) is 5.70. The van der Waals surface area contributed by atoms with Gasteiger partial charge in [0.25, 0.3) is 0 Å². The Morgan fingerprint density at radius 3 is 2.33 bits per heavy atom. The summed E-state index contributed by atoms with van der Waals surface area (Å²) in [6.45, 7) is 8.84. The van der Waals surface area contributed by atoms with Crippen LogP contribution in [0.1, 0.15) is 39.3 Å². The van der Waals surface area contributed by atoms with Crippen LogP contribution in [0.4, 0.5) is 9.18 Å². The van der Waals surface area contributed by atoms with E-state index in [-0.39, 0.29) is 17.6 Å². The number of nitrogens with one attached hydrogen (secondary N) is 1. The molecule has 0 radical (unpaired) electrons. The average molecular weight is 333 g/mol. The quantitative estimate of drug-likeness (QED) is 0.899. The fraction of sp³-hybridized carbons (Fsp3) is 0.500. The van der Waals surface area contributed by atoms with Crippen LogP contribution < -0.4 is 5.32 Å². The molecule has 3 amide bonds. The Labute approximate surface area is 141 Å². The summed E-state index contributed by atoms with van der Waals surface area (Å²) in [6, 6.07) is 4.87. The Morgan fingerprint density at radius 2 is 1.83 bits per heavy atom. The minimum Gasteiger partial charge on any atom is -0.343 e. The zero-order chi connectivity index (χ0) is 17.9. The maximum atomic E-state index is 13.2. The number of rotatable bonds is 5. The van der Waals surface area contributed by atoms with Crippen molar-refractivity contribution >= 4 is 17.6 Å². The van der Waals surface area contributed by atoms with Gasteiger partial charge in [0.05, 0.1) is 6.04 Å². The molecule has 0 aromatic heterocycles. The largest absolute Gasteiger partial charge is 0.343 e. The van der Waals surface area contributed by atoms with Crippen LogP contribution in [0.15, 0.2) is 29.3 Å². The molecule has 2 unspecified atom stereocenters. The molecular weight excluding hydrogens is 309 g/mol. The number of aliphatic imine (C=N–C) groups is 1. The number of hydrogen-bond donors (Lipinski definition) is 1. The van der Waals surface area contributed by atoms with Crippen LogP contribution in [0.5, 0.6) is 0 Å². The molecule has 1 aliphatic heterocycles. The Balaban J connectivity index is 2.50. The van der Waals surface area contributed by atoms with Gasteiger partial charge in [-0.05, 0) is 37.5 Å². The van der Waals surface area contributed by atoms with E-state index in [1.807, 2.05) is 27.7 Å². The molecule has 5 nitrogen and oxygen atoms in total. The van der Waals surface area contributed by atoms with E-state index in [4.69, 9.17) is 0 Å². The second-order valence-corrected chi connectivity index (χ2v) is 6.16. The van der Waals surface area contributed by atoms with E-state index in [0.29, 0.717) is 24.4 Å². The van der Waals surface area contributed by atoms with E-state index in [1.54, 1.807) is 17.0 Å². The molecule has 1 aromatic carbocycles. The van der Waals surface area contributed by atoms with Gasteiger partial charge in [-0.1, -0.05) is 26.0 Å². The molecular formula is C18H24FN3O2. The van der Waals surface area contributed by atoms with Gasteiger partial charge >= 0.3 is 6.03 Å². The lowest BCUT2D eigenvalue weighted by atomic mass is 9.82. The van der Waals surface area contributed by atoms with Crippen molar-refractivity contribution in [1.29, 1.82) is 0 Å². The fourth-order valence-electron chi connectivity index (χ4n) is 3.04. The first-order chi connectivity index (χ1) is 11.4. The molecule has 2 atom stereocenters. The number of urea groups is 1. The molecule has 130 valence electrons. The molecule has 0 fully saturated rings. The van der Waals surface area contributed by atoms with E-state index in [9.17, 15) is 14.0 Å². The van der Waals surface area contributed by atoms with Gasteiger partial charge in [0.2, 0.25) is 5.91 Å². The first-order valence-electron chi connectivity index (χ1n) is 8.32. The summed E-state index contributed by atoms with van der Waals surface area (Å²) in [4.78, 5) is 30.9. The van der Waals surface area contributed by atoms with Crippen LogP contribution >= 0.6 is 0 Å². The van der Waals surface area contributed by atoms with Crippen molar-refractivity contribution in [2.24, 2.45) is 16.8 Å². The number of carbonyl (C=O) groups excluding carboxylic acids is 2. The van der Waals surface area contributed by atoms with E-state index in [1.165, 1.54) is 12.1 Å². The van der Waals surface area contributed by atoms with Crippen molar-refractivity contribution in [3.63, 3.8) is 0 Å². The summed E-state index contributed by atoms with van der Waals surface area (Å²) in [7, 11) is 0. The van der Waals surface area contributed by atoms with Crippen molar-refractivity contribution in [2.75, 3.05) is 13.1 Å². The highest BCUT2D eigenvalue weighted by atomic mass is 19.1. The summed E-state index contributed by atoms with van der Waals surface area (Å²) in [6.07, 6.45) is 0. The fourth-order valence-corrected chi connectivity index (χ4v) is 3.04. The van der Waals surface area contributed by atoms with Crippen molar-refractivity contribution in [2.45, 2.75) is 33.7 Å². The zero-order valence-electron chi connectivity index (χ0n) is 14.5. The minimum atomic E-state index is -0.576. The average Bonchev–Trinajstić information content (AvgIpc) is 2.55. The van der Waals surface area contributed by atoms with Crippen molar-refractivity contribution in [3.05, 3.63) is 35.6 Å². The van der Waals surface area contributed by atoms with Crippen LogP contribution in [-0.4, -0.2) is 35.6 Å². The smallest absolute Gasteiger partial charge is 0.341 e. The summed E-state index contributed by atoms with van der Waals surface area (Å²) < 4.78 is 13.2. The zero-order valence-corrected chi connectivity index (χ0v) is 14.5. The van der Waals surface area contributed by atoms with Crippen LogP contribution in [0.2, 0.25) is 0 Å². The summed E-state index contributed by atoms with van der Waals surface area (Å²) in [5, 5.41) is 2.77. The van der Waals surface area contributed by atoms with Crippen molar-refractivity contribution in [1.82, 2.24) is 10.2 Å². The van der Waals surface area contributed by atoms with Crippen LogP contribution in [-0.2, 0) is 4.79 Å². The van der Waals surface area contributed by atoms with Gasteiger partial charge in [-0.15, -0.1) is 0 Å². The topological polar surface area (TPSA) is 61.8 Å². The van der Waals surface area contributed by atoms with E-state index in [0.717, 1.165) is 0 Å². The van der Waals surface area contributed by atoms with Gasteiger partial charge in [-0.2, -0.15) is 0 Å². The van der Waals surface area contributed by atoms with Crippen molar-refractivity contribution < 1.29 is 14.0 Å². The first kappa shape index (κ1) is 18.1. The molecule has 6 heteroatoms. The molecule has 1 aromatic rings. The van der Waals surface area contributed by atoms with Gasteiger partial charge in [0.15, 0.2) is 0 Å². The lowest BCUT2D eigenvalue weighted by Gasteiger charge is -2.36. The molecule has 0 saturated heterocycles. The molecule has 24 heavy (non-hydrogen) atoms.